The monoisotopic (exact) mass is 386 g/mol. The minimum absolute atomic E-state index is 0.317. The van der Waals surface area contributed by atoms with Crippen LogP contribution in [0, 0.1) is 0 Å². The summed E-state index contributed by atoms with van der Waals surface area (Å²) in [6.07, 6.45) is 5.40. The lowest BCUT2D eigenvalue weighted by atomic mass is 10.1. The first-order valence-electron chi connectivity index (χ1n) is 9.50. The van der Waals surface area contributed by atoms with Gasteiger partial charge in [-0.1, -0.05) is 67.1 Å². The van der Waals surface area contributed by atoms with Crippen molar-refractivity contribution in [2.75, 3.05) is 5.75 Å². The van der Waals surface area contributed by atoms with E-state index < -0.39 is 0 Å². The van der Waals surface area contributed by atoms with Crippen LogP contribution in [-0.2, 0) is 16.3 Å². The van der Waals surface area contributed by atoms with E-state index in [9.17, 15) is 4.79 Å². The molecule has 0 N–H and O–H groups in total. The Morgan fingerprint density at radius 1 is 0.846 bits per heavy atom. The quantitative estimate of drug-likeness (QED) is 0.354. The summed E-state index contributed by atoms with van der Waals surface area (Å²) in [5.74, 6) is 3.70. The molecule has 0 saturated carbocycles. The SMILES string of the molecule is CC(=O)CCCCC(CCSCc1ccccc1)SCc1ccccc1. The average Bonchev–Trinajstić information content (AvgIpc) is 2.67. The first kappa shape index (κ1) is 21.1. The molecule has 2 aromatic rings. The largest absolute Gasteiger partial charge is 0.300 e. The standard InChI is InChI=1S/C23H30OS2/c1-20(24)10-8-9-15-23(26-19-22-13-6-3-7-14-22)16-17-25-18-21-11-4-2-5-12-21/h2-7,11-14,23H,8-10,15-19H2,1H3. The van der Waals surface area contributed by atoms with Crippen molar-refractivity contribution in [3.8, 4) is 0 Å². The number of carbonyl (C=O) groups excluding carboxylic acids is 1. The summed E-state index contributed by atoms with van der Waals surface area (Å²) in [6, 6.07) is 21.5. The lowest BCUT2D eigenvalue weighted by Crippen LogP contribution is -2.06. The normalized spacial score (nSPS) is 12.0. The molecule has 0 heterocycles. The zero-order chi connectivity index (χ0) is 18.5. The minimum Gasteiger partial charge on any atom is -0.300 e. The number of benzene rings is 2. The second-order valence-electron chi connectivity index (χ2n) is 6.69. The molecule has 140 valence electrons. The third kappa shape index (κ3) is 9.49. The highest BCUT2D eigenvalue weighted by atomic mass is 32.2. The molecule has 0 saturated heterocycles. The second kappa shape index (κ2) is 13.1. The number of unbranched alkanes of at least 4 members (excludes halogenated alkanes) is 1. The van der Waals surface area contributed by atoms with Gasteiger partial charge in [0.25, 0.3) is 0 Å². The number of rotatable bonds is 13. The van der Waals surface area contributed by atoms with Gasteiger partial charge in [0.1, 0.15) is 5.78 Å². The molecular weight excluding hydrogens is 356 g/mol. The van der Waals surface area contributed by atoms with E-state index >= 15 is 0 Å². The fraction of sp³-hybridized carbons (Fsp3) is 0.435. The van der Waals surface area contributed by atoms with Gasteiger partial charge in [0.2, 0.25) is 0 Å². The molecule has 0 spiro atoms. The van der Waals surface area contributed by atoms with Crippen LogP contribution in [0.3, 0.4) is 0 Å². The molecule has 0 aliphatic carbocycles. The Kier molecular flexibility index (Phi) is 10.6. The molecule has 0 radical (unpaired) electrons. The Labute approximate surface area is 167 Å². The van der Waals surface area contributed by atoms with E-state index in [0.717, 1.165) is 30.8 Å². The highest BCUT2D eigenvalue weighted by molar-refractivity contribution is 7.99. The van der Waals surface area contributed by atoms with Crippen LogP contribution in [0.5, 0.6) is 0 Å². The van der Waals surface area contributed by atoms with Crippen molar-refractivity contribution in [2.24, 2.45) is 0 Å². The van der Waals surface area contributed by atoms with E-state index in [4.69, 9.17) is 0 Å². The van der Waals surface area contributed by atoms with Gasteiger partial charge in [0.15, 0.2) is 0 Å². The van der Waals surface area contributed by atoms with E-state index in [-0.39, 0.29) is 0 Å². The summed E-state index contributed by atoms with van der Waals surface area (Å²) in [6.45, 7) is 1.70. The molecule has 0 aliphatic heterocycles. The molecular formula is C23H30OS2. The summed E-state index contributed by atoms with van der Waals surface area (Å²) in [5.41, 5.74) is 2.82. The Bertz CT molecular complexity index is 613. The smallest absolute Gasteiger partial charge is 0.129 e. The van der Waals surface area contributed by atoms with Crippen molar-refractivity contribution < 1.29 is 4.79 Å². The van der Waals surface area contributed by atoms with Gasteiger partial charge in [0.05, 0.1) is 0 Å². The zero-order valence-electron chi connectivity index (χ0n) is 15.7. The van der Waals surface area contributed by atoms with Gasteiger partial charge in [-0.15, -0.1) is 0 Å². The topological polar surface area (TPSA) is 17.1 Å². The minimum atomic E-state index is 0.317. The number of carbonyl (C=O) groups is 1. The third-order valence-electron chi connectivity index (χ3n) is 4.33. The molecule has 1 nitrogen and oxygen atoms in total. The fourth-order valence-corrected chi connectivity index (χ4v) is 5.24. The van der Waals surface area contributed by atoms with Gasteiger partial charge < -0.3 is 4.79 Å². The van der Waals surface area contributed by atoms with Gasteiger partial charge in [-0.3, -0.25) is 0 Å². The molecule has 0 bridgehead atoms. The Morgan fingerprint density at radius 2 is 1.46 bits per heavy atom. The maximum atomic E-state index is 11.1. The van der Waals surface area contributed by atoms with Gasteiger partial charge in [-0.2, -0.15) is 23.5 Å². The lowest BCUT2D eigenvalue weighted by molar-refractivity contribution is -0.117. The predicted octanol–water partition coefficient (Wildman–Crippen LogP) is 6.76. The van der Waals surface area contributed by atoms with Crippen LogP contribution in [0.1, 0.15) is 50.2 Å². The van der Waals surface area contributed by atoms with Crippen LogP contribution >= 0.6 is 23.5 Å². The summed E-state index contributed by atoms with van der Waals surface area (Å²) in [5, 5.41) is 0.686. The highest BCUT2D eigenvalue weighted by Crippen LogP contribution is 2.27. The Morgan fingerprint density at radius 3 is 2.08 bits per heavy atom. The van der Waals surface area contributed by atoms with E-state index in [0.29, 0.717) is 11.0 Å². The maximum absolute atomic E-state index is 11.1. The van der Waals surface area contributed by atoms with Gasteiger partial charge in [0, 0.05) is 23.2 Å². The zero-order valence-corrected chi connectivity index (χ0v) is 17.4. The number of Topliss-reactive ketones (excluding diaryl/α,β-unsaturated/α-hetero) is 1. The molecule has 0 amide bonds. The van der Waals surface area contributed by atoms with Crippen LogP contribution in [-0.4, -0.2) is 16.8 Å². The number of thioether (sulfide) groups is 2. The molecule has 0 aromatic heterocycles. The van der Waals surface area contributed by atoms with Gasteiger partial charge >= 0.3 is 0 Å². The predicted molar refractivity (Wildman–Crippen MR) is 118 cm³/mol. The summed E-state index contributed by atoms with van der Waals surface area (Å²) >= 11 is 4.11. The van der Waals surface area contributed by atoms with Crippen molar-refractivity contribution in [3.63, 3.8) is 0 Å². The van der Waals surface area contributed by atoms with Crippen LogP contribution in [0.2, 0.25) is 0 Å². The van der Waals surface area contributed by atoms with Crippen molar-refractivity contribution in [1.29, 1.82) is 0 Å². The van der Waals surface area contributed by atoms with Crippen LogP contribution in [0.15, 0.2) is 60.7 Å². The number of hydrogen-bond donors (Lipinski definition) is 0. The van der Waals surface area contributed by atoms with Crippen molar-refractivity contribution in [2.45, 2.75) is 55.8 Å². The van der Waals surface area contributed by atoms with Gasteiger partial charge in [-0.05, 0) is 43.1 Å². The highest BCUT2D eigenvalue weighted by Gasteiger charge is 2.10. The summed E-state index contributed by atoms with van der Waals surface area (Å²) < 4.78 is 0. The van der Waals surface area contributed by atoms with E-state index in [1.165, 1.54) is 29.7 Å². The maximum Gasteiger partial charge on any atom is 0.129 e. The number of hydrogen-bond acceptors (Lipinski definition) is 3. The Balaban J connectivity index is 1.72. The molecule has 1 unspecified atom stereocenters. The molecule has 0 fully saturated rings. The summed E-state index contributed by atoms with van der Waals surface area (Å²) in [7, 11) is 0. The van der Waals surface area contributed by atoms with Crippen molar-refractivity contribution >= 4 is 29.3 Å². The first-order valence-corrected chi connectivity index (χ1v) is 11.7. The number of ketones is 1. The van der Waals surface area contributed by atoms with Crippen molar-refractivity contribution in [1.82, 2.24) is 0 Å². The van der Waals surface area contributed by atoms with E-state index in [2.05, 4.69) is 72.4 Å². The second-order valence-corrected chi connectivity index (χ2v) is 9.09. The average molecular weight is 387 g/mol. The molecule has 2 aromatic carbocycles. The van der Waals surface area contributed by atoms with E-state index in [1.807, 2.05) is 11.8 Å². The van der Waals surface area contributed by atoms with Crippen LogP contribution in [0.25, 0.3) is 0 Å². The molecule has 3 heteroatoms. The first-order chi connectivity index (χ1) is 12.7. The molecule has 26 heavy (non-hydrogen) atoms. The molecule has 2 rings (SSSR count). The van der Waals surface area contributed by atoms with Gasteiger partial charge in [-0.25, -0.2) is 0 Å². The molecule has 1 atom stereocenters. The third-order valence-corrected chi connectivity index (χ3v) is 6.83. The van der Waals surface area contributed by atoms with Crippen LogP contribution in [0.4, 0.5) is 0 Å². The fourth-order valence-electron chi connectivity index (χ4n) is 2.82. The Hall–Kier alpha value is -1.19. The lowest BCUT2D eigenvalue weighted by Gasteiger charge is -2.16. The van der Waals surface area contributed by atoms with Crippen LogP contribution < -0.4 is 0 Å². The summed E-state index contributed by atoms with van der Waals surface area (Å²) in [4.78, 5) is 11.1. The van der Waals surface area contributed by atoms with Crippen molar-refractivity contribution in [3.05, 3.63) is 71.8 Å². The molecule has 0 aliphatic rings. The van der Waals surface area contributed by atoms with E-state index in [1.54, 1.807) is 6.92 Å².